The number of carbonyl (C=O) groups excluding carboxylic acids is 2. The zero-order chi connectivity index (χ0) is 28.8. The van der Waals surface area contributed by atoms with Crippen molar-refractivity contribution >= 4 is 22.8 Å². The van der Waals surface area contributed by atoms with Crippen LogP contribution in [0.15, 0.2) is 16.9 Å². The second-order valence-electron chi connectivity index (χ2n) is 12.0. The van der Waals surface area contributed by atoms with Crippen LogP contribution in [0, 0.1) is 24.6 Å². The maximum Gasteiger partial charge on any atom is 0.343 e. The highest BCUT2D eigenvalue weighted by atomic mass is 19.1. The predicted molar refractivity (Wildman–Crippen MR) is 146 cm³/mol. The topological polar surface area (TPSA) is 131 Å². The fourth-order valence-electron chi connectivity index (χ4n) is 7.47. The maximum absolute atomic E-state index is 15.1. The molecule has 41 heavy (non-hydrogen) atoms. The van der Waals surface area contributed by atoms with Gasteiger partial charge in [-0.15, -0.1) is 0 Å². The van der Waals surface area contributed by atoms with Gasteiger partial charge in [-0.1, -0.05) is 6.92 Å². The van der Waals surface area contributed by atoms with Gasteiger partial charge < -0.3 is 24.8 Å². The van der Waals surface area contributed by atoms with Crippen LogP contribution in [0.2, 0.25) is 0 Å². The summed E-state index contributed by atoms with van der Waals surface area (Å²) < 4.78 is 21.9. The molecule has 4 aliphatic rings. The van der Waals surface area contributed by atoms with Gasteiger partial charge in [-0.3, -0.25) is 9.59 Å². The Morgan fingerprint density at radius 3 is 2.76 bits per heavy atom. The summed E-state index contributed by atoms with van der Waals surface area (Å²) in [5.41, 5.74) is 2.55. The average Bonchev–Trinajstić information content (AvgIpc) is 3.60. The van der Waals surface area contributed by atoms with Crippen LogP contribution in [-0.4, -0.2) is 38.2 Å². The van der Waals surface area contributed by atoms with Crippen molar-refractivity contribution in [3.8, 4) is 11.4 Å². The number of aromatic nitrogens is 2. The van der Waals surface area contributed by atoms with E-state index in [-0.39, 0.29) is 72.5 Å². The Hall–Kier alpha value is -3.63. The van der Waals surface area contributed by atoms with E-state index in [1.54, 1.807) is 24.5 Å². The van der Waals surface area contributed by atoms with E-state index in [0.29, 0.717) is 41.7 Å². The Balaban J connectivity index is 1.41. The molecule has 2 aliphatic carbocycles. The lowest BCUT2D eigenvalue weighted by Crippen LogP contribution is -2.44. The van der Waals surface area contributed by atoms with Crippen LogP contribution in [0.5, 0.6) is 0 Å². The van der Waals surface area contributed by atoms with E-state index in [1.807, 2.05) is 0 Å². The third-order valence-corrected chi connectivity index (χ3v) is 9.86. The van der Waals surface area contributed by atoms with Crippen molar-refractivity contribution in [1.82, 2.24) is 14.9 Å². The van der Waals surface area contributed by atoms with Crippen LogP contribution < -0.4 is 10.9 Å². The molecule has 1 saturated carbocycles. The molecule has 0 saturated heterocycles. The number of amides is 1. The summed E-state index contributed by atoms with van der Waals surface area (Å²) >= 11 is 0. The molecule has 1 aromatic carbocycles. The first kappa shape index (κ1) is 26.3. The van der Waals surface area contributed by atoms with Gasteiger partial charge in [0.25, 0.3) is 5.56 Å². The number of carbonyl (C=O) groups is 2. The summed E-state index contributed by atoms with van der Waals surface area (Å²) in [6.45, 7) is 3.45. The van der Waals surface area contributed by atoms with E-state index in [9.17, 15) is 24.6 Å². The maximum atomic E-state index is 15.1. The normalized spacial score (nSPS) is 26.0. The first-order chi connectivity index (χ1) is 19.7. The summed E-state index contributed by atoms with van der Waals surface area (Å²) in [7, 11) is 0. The van der Waals surface area contributed by atoms with Gasteiger partial charge >= 0.3 is 5.97 Å². The molecule has 2 unspecified atom stereocenters. The van der Waals surface area contributed by atoms with E-state index in [2.05, 4.69) is 5.32 Å². The monoisotopic (exact) mass is 561 g/mol. The molecule has 0 bridgehead atoms. The number of halogens is 1. The molecular formula is C31H32FN3O6. The van der Waals surface area contributed by atoms with Gasteiger partial charge in [0.05, 0.1) is 35.1 Å². The van der Waals surface area contributed by atoms with E-state index in [1.165, 1.54) is 6.07 Å². The van der Waals surface area contributed by atoms with Gasteiger partial charge in [0, 0.05) is 35.1 Å². The number of pyridine rings is 2. The van der Waals surface area contributed by atoms with Crippen molar-refractivity contribution in [3.63, 3.8) is 0 Å². The third kappa shape index (κ3) is 3.66. The Morgan fingerprint density at radius 1 is 1.22 bits per heavy atom. The number of fused-ring (bicyclic) bond motifs is 5. The van der Waals surface area contributed by atoms with Crippen molar-refractivity contribution < 1.29 is 28.9 Å². The molecule has 2 aromatic heterocycles. The second-order valence-corrected chi connectivity index (χ2v) is 12.0. The number of aliphatic hydroxyl groups excluding tert-OH is 1. The van der Waals surface area contributed by atoms with Crippen molar-refractivity contribution in [3.05, 3.63) is 61.7 Å². The summed E-state index contributed by atoms with van der Waals surface area (Å²) in [5, 5.41) is 24.9. The van der Waals surface area contributed by atoms with Gasteiger partial charge in [0.15, 0.2) is 5.60 Å². The molecule has 1 amide bonds. The number of hydrogen-bond donors (Lipinski definition) is 3. The van der Waals surface area contributed by atoms with Crippen LogP contribution in [-0.2, 0) is 39.5 Å². The molecule has 3 aromatic rings. The first-order valence-corrected chi connectivity index (χ1v) is 14.4. The highest BCUT2D eigenvalue weighted by Gasteiger charge is 2.46. The van der Waals surface area contributed by atoms with Gasteiger partial charge in [-0.2, -0.15) is 0 Å². The number of nitrogens with zero attached hydrogens (tertiary/aromatic N) is 2. The Morgan fingerprint density at radius 2 is 2.02 bits per heavy atom. The van der Waals surface area contributed by atoms with Crippen molar-refractivity contribution in [2.45, 2.75) is 77.2 Å². The molecule has 9 nitrogen and oxygen atoms in total. The Bertz CT molecular complexity index is 1730. The average molecular weight is 562 g/mol. The molecule has 3 N–H and O–H groups in total. The van der Waals surface area contributed by atoms with Gasteiger partial charge in [-0.05, 0) is 74.1 Å². The number of cyclic esters (lactones) is 1. The summed E-state index contributed by atoms with van der Waals surface area (Å²) in [6.07, 6.45) is 3.37. The quantitative estimate of drug-likeness (QED) is 0.327. The Labute approximate surface area is 235 Å². The third-order valence-electron chi connectivity index (χ3n) is 9.86. The number of aryl methyl sites for hydroxylation is 1. The molecule has 2 aliphatic heterocycles. The van der Waals surface area contributed by atoms with Crippen LogP contribution >= 0.6 is 0 Å². The van der Waals surface area contributed by atoms with Crippen molar-refractivity contribution in [2.24, 2.45) is 11.8 Å². The lowest BCUT2D eigenvalue weighted by Gasteiger charge is -2.31. The molecule has 4 atom stereocenters. The fraction of sp³-hybridized carbons (Fsp3) is 0.484. The lowest BCUT2D eigenvalue weighted by molar-refractivity contribution is -0.172. The molecule has 7 rings (SSSR count). The standard InChI is InChI=1S/C31H32FN3O6/c1-3-31(40)20-9-24-27-18(11-35(24)29(38)19(20)13-41-30(31)39)26-22(34-28(37)16-5-4-15(8-16)12-36)7-6-17-14(2)21(32)10-23(33-27)25(17)26/h9-10,15-16,22,36,40H,3-8,11-13H2,1-2H3,(H,34,37)/t15?,16?,22-,31-/m0/s1. The molecular weight excluding hydrogens is 529 g/mol. The number of hydrogen-bond acceptors (Lipinski definition) is 7. The predicted octanol–water partition coefficient (Wildman–Crippen LogP) is 3.04. The minimum atomic E-state index is -1.95. The van der Waals surface area contributed by atoms with Gasteiger partial charge in [0.2, 0.25) is 5.91 Å². The molecule has 0 radical (unpaired) electrons. The smallest absolute Gasteiger partial charge is 0.343 e. The SMILES string of the molecule is CC[C@@]1(O)C(=O)OCc2c1cc1n(c2=O)Cc2c-1nc1cc(F)c(C)c3c1c2[C@@H](NC(=O)C1CCC(CO)C1)CC3. The molecule has 4 heterocycles. The van der Waals surface area contributed by atoms with Crippen LogP contribution in [0.25, 0.3) is 22.3 Å². The molecule has 214 valence electrons. The van der Waals surface area contributed by atoms with Crippen LogP contribution in [0.4, 0.5) is 4.39 Å². The first-order valence-electron chi connectivity index (χ1n) is 14.4. The highest BCUT2D eigenvalue weighted by Crippen LogP contribution is 2.46. The number of ether oxygens (including phenoxy) is 1. The number of benzene rings is 1. The van der Waals surface area contributed by atoms with Crippen molar-refractivity contribution in [2.75, 3.05) is 6.61 Å². The second kappa shape index (κ2) is 9.19. The summed E-state index contributed by atoms with van der Waals surface area (Å²) in [4.78, 5) is 44.6. The Kier molecular flexibility index (Phi) is 5.89. The summed E-state index contributed by atoms with van der Waals surface area (Å²) in [5.74, 6) is -1.26. The minimum Gasteiger partial charge on any atom is -0.458 e. The minimum absolute atomic E-state index is 0.0330. The zero-order valence-corrected chi connectivity index (χ0v) is 23.1. The van der Waals surface area contributed by atoms with E-state index in [0.717, 1.165) is 34.9 Å². The molecule has 0 spiro atoms. The van der Waals surface area contributed by atoms with Gasteiger partial charge in [-0.25, -0.2) is 14.2 Å². The zero-order valence-electron chi connectivity index (χ0n) is 23.1. The van der Waals surface area contributed by atoms with E-state index in [4.69, 9.17) is 9.72 Å². The van der Waals surface area contributed by atoms with Crippen LogP contribution in [0.3, 0.4) is 0 Å². The number of nitrogens with one attached hydrogen (secondary N) is 1. The van der Waals surface area contributed by atoms with Crippen LogP contribution in [0.1, 0.15) is 78.5 Å². The molecule has 10 heteroatoms. The number of esters is 1. The summed E-state index contributed by atoms with van der Waals surface area (Å²) in [6, 6.07) is 2.70. The highest BCUT2D eigenvalue weighted by molar-refractivity contribution is 5.94. The van der Waals surface area contributed by atoms with E-state index >= 15 is 4.39 Å². The van der Waals surface area contributed by atoms with E-state index < -0.39 is 11.6 Å². The fourth-order valence-corrected chi connectivity index (χ4v) is 7.47. The largest absolute Gasteiger partial charge is 0.458 e. The van der Waals surface area contributed by atoms with Gasteiger partial charge in [0.1, 0.15) is 12.4 Å². The molecule has 1 fully saturated rings. The number of aliphatic hydroxyl groups is 2. The van der Waals surface area contributed by atoms with Crippen molar-refractivity contribution in [1.29, 1.82) is 0 Å². The number of rotatable bonds is 4. The lowest BCUT2D eigenvalue weighted by atomic mass is 9.81.